The molecule has 0 radical (unpaired) electrons. The predicted molar refractivity (Wildman–Crippen MR) is 65.8 cm³/mol. The van der Waals surface area contributed by atoms with Gasteiger partial charge in [-0.2, -0.15) is 5.10 Å². The van der Waals surface area contributed by atoms with Crippen LogP contribution in [0.15, 0.2) is 0 Å². The largest absolute Gasteiger partial charge is 0.391 e. The lowest BCUT2D eigenvalue weighted by Crippen LogP contribution is -2.29. The minimum absolute atomic E-state index is 0.418. The van der Waals surface area contributed by atoms with E-state index in [0.717, 1.165) is 24.4 Å². The molecular formula is C11H20ClN3O. The highest BCUT2D eigenvalue weighted by Gasteiger charge is 2.14. The highest BCUT2D eigenvalue weighted by molar-refractivity contribution is 6.31. The molecule has 1 aromatic heterocycles. The van der Waals surface area contributed by atoms with E-state index in [1.54, 1.807) is 4.68 Å². The number of aliphatic hydroxyl groups is 1. The third-order valence-electron chi connectivity index (χ3n) is 2.50. The van der Waals surface area contributed by atoms with Gasteiger partial charge in [0.1, 0.15) is 0 Å². The number of halogens is 1. The van der Waals surface area contributed by atoms with Gasteiger partial charge in [-0.25, -0.2) is 0 Å². The first-order valence-electron chi connectivity index (χ1n) is 5.63. The first-order chi connectivity index (χ1) is 7.56. The van der Waals surface area contributed by atoms with Crippen molar-refractivity contribution in [2.75, 3.05) is 13.1 Å². The number of nitrogens with one attached hydrogen (secondary N) is 1. The average molecular weight is 246 g/mol. The van der Waals surface area contributed by atoms with Crippen LogP contribution in [-0.4, -0.2) is 34.1 Å². The number of aryl methyl sites for hydroxylation is 2. The molecule has 1 unspecified atom stereocenters. The molecule has 1 heterocycles. The van der Waals surface area contributed by atoms with Gasteiger partial charge in [0.15, 0.2) is 0 Å². The molecule has 0 saturated heterocycles. The number of hydrogen-bond donors (Lipinski definition) is 2. The van der Waals surface area contributed by atoms with Crippen molar-refractivity contribution in [3.05, 3.63) is 16.4 Å². The Morgan fingerprint density at radius 3 is 2.75 bits per heavy atom. The van der Waals surface area contributed by atoms with Crippen LogP contribution in [0.25, 0.3) is 0 Å². The Morgan fingerprint density at radius 1 is 1.56 bits per heavy atom. The molecule has 16 heavy (non-hydrogen) atoms. The zero-order chi connectivity index (χ0) is 12.1. The van der Waals surface area contributed by atoms with E-state index in [1.165, 1.54) is 0 Å². The first-order valence-corrected chi connectivity index (χ1v) is 6.00. The van der Waals surface area contributed by atoms with Crippen molar-refractivity contribution in [1.82, 2.24) is 15.1 Å². The van der Waals surface area contributed by atoms with E-state index in [-0.39, 0.29) is 0 Å². The molecule has 2 N–H and O–H groups in total. The lowest BCUT2D eigenvalue weighted by Gasteiger charge is -2.11. The SMILES string of the molecule is CCCNCC(O)Cc1c(Cl)c(C)nn1C. The predicted octanol–water partition coefficient (Wildman–Crippen LogP) is 1.28. The molecule has 4 nitrogen and oxygen atoms in total. The normalized spacial score (nSPS) is 13.1. The zero-order valence-corrected chi connectivity index (χ0v) is 10.9. The molecule has 0 bridgehead atoms. The van der Waals surface area contributed by atoms with Crippen LogP contribution in [0.4, 0.5) is 0 Å². The Kier molecular flexibility index (Phi) is 5.25. The second-order valence-corrected chi connectivity index (χ2v) is 4.41. The van der Waals surface area contributed by atoms with Gasteiger partial charge in [0.2, 0.25) is 0 Å². The van der Waals surface area contributed by atoms with Crippen molar-refractivity contribution in [1.29, 1.82) is 0 Å². The molecule has 0 aliphatic heterocycles. The second kappa shape index (κ2) is 6.23. The molecule has 0 aliphatic rings. The van der Waals surface area contributed by atoms with Gasteiger partial charge in [0, 0.05) is 20.0 Å². The van der Waals surface area contributed by atoms with E-state index in [4.69, 9.17) is 11.6 Å². The number of hydrogen-bond acceptors (Lipinski definition) is 3. The van der Waals surface area contributed by atoms with Crippen LogP contribution in [0.2, 0.25) is 5.02 Å². The molecule has 0 aliphatic carbocycles. The van der Waals surface area contributed by atoms with E-state index in [2.05, 4.69) is 17.3 Å². The standard InChI is InChI=1S/C11H20ClN3O/c1-4-5-13-7-9(16)6-10-11(12)8(2)14-15(10)3/h9,13,16H,4-7H2,1-3H3. The fourth-order valence-electron chi connectivity index (χ4n) is 1.64. The van der Waals surface area contributed by atoms with Crippen LogP contribution < -0.4 is 5.32 Å². The Hall–Kier alpha value is -0.580. The Bertz CT molecular complexity index is 338. The molecular weight excluding hydrogens is 226 g/mol. The minimum atomic E-state index is -0.418. The summed E-state index contributed by atoms with van der Waals surface area (Å²) in [6, 6.07) is 0. The highest BCUT2D eigenvalue weighted by atomic mass is 35.5. The van der Waals surface area contributed by atoms with Crippen molar-refractivity contribution >= 4 is 11.6 Å². The van der Waals surface area contributed by atoms with E-state index in [1.807, 2.05) is 14.0 Å². The van der Waals surface area contributed by atoms with Crippen LogP contribution in [0.3, 0.4) is 0 Å². The fourth-order valence-corrected chi connectivity index (χ4v) is 1.88. The fraction of sp³-hybridized carbons (Fsp3) is 0.727. The van der Waals surface area contributed by atoms with Crippen molar-refractivity contribution in [2.24, 2.45) is 7.05 Å². The van der Waals surface area contributed by atoms with Crippen LogP contribution in [0.5, 0.6) is 0 Å². The van der Waals surface area contributed by atoms with Crippen LogP contribution in [0.1, 0.15) is 24.7 Å². The van der Waals surface area contributed by atoms with Gasteiger partial charge in [-0.1, -0.05) is 18.5 Å². The molecule has 0 amide bonds. The number of nitrogens with zero attached hydrogens (tertiary/aromatic N) is 2. The molecule has 92 valence electrons. The Balaban J connectivity index is 2.52. The minimum Gasteiger partial charge on any atom is -0.391 e. The average Bonchev–Trinajstić information content (AvgIpc) is 2.46. The number of aliphatic hydroxyl groups excluding tert-OH is 1. The summed E-state index contributed by atoms with van der Waals surface area (Å²) in [6.07, 6.45) is 1.18. The summed E-state index contributed by atoms with van der Waals surface area (Å²) >= 11 is 6.10. The number of rotatable bonds is 6. The van der Waals surface area contributed by atoms with Gasteiger partial charge in [0.05, 0.1) is 22.5 Å². The third-order valence-corrected chi connectivity index (χ3v) is 2.99. The number of aromatic nitrogens is 2. The van der Waals surface area contributed by atoms with E-state index < -0.39 is 6.10 Å². The zero-order valence-electron chi connectivity index (χ0n) is 10.1. The molecule has 0 aromatic carbocycles. The topological polar surface area (TPSA) is 50.1 Å². The maximum absolute atomic E-state index is 9.83. The van der Waals surface area contributed by atoms with Gasteiger partial charge < -0.3 is 10.4 Å². The summed E-state index contributed by atoms with van der Waals surface area (Å²) in [5.74, 6) is 0. The first kappa shape index (κ1) is 13.5. The molecule has 1 aromatic rings. The van der Waals surface area contributed by atoms with E-state index >= 15 is 0 Å². The third kappa shape index (κ3) is 3.47. The lowest BCUT2D eigenvalue weighted by atomic mass is 10.2. The Morgan fingerprint density at radius 2 is 2.25 bits per heavy atom. The van der Waals surface area contributed by atoms with Crippen LogP contribution in [-0.2, 0) is 13.5 Å². The lowest BCUT2D eigenvalue weighted by molar-refractivity contribution is 0.169. The summed E-state index contributed by atoms with van der Waals surface area (Å²) in [7, 11) is 1.85. The maximum atomic E-state index is 9.83. The summed E-state index contributed by atoms with van der Waals surface area (Å²) < 4.78 is 1.74. The summed E-state index contributed by atoms with van der Waals surface area (Å²) in [6.45, 7) is 5.48. The molecule has 0 saturated carbocycles. The van der Waals surface area contributed by atoms with Gasteiger partial charge in [-0.15, -0.1) is 0 Å². The quantitative estimate of drug-likeness (QED) is 0.743. The molecule has 1 rings (SSSR count). The summed E-state index contributed by atoms with van der Waals surface area (Å²) in [5, 5.41) is 17.9. The molecule has 0 spiro atoms. The summed E-state index contributed by atoms with van der Waals surface area (Å²) in [5.41, 5.74) is 1.71. The maximum Gasteiger partial charge on any atom is 0.0847 e. The van der Waals surface area contributed by atoms with Gasteiger partial charge in [-0.3, -0.25) is 4.68 Å². The Labute approximate surface area is 102 Å². The molecule has 0 fully saturated rings. The van der Waals surface area contributed by atoms with Crippen molar-refractivity contribution in [3.8, 4) is 0 Å². The molecule has 5 heteroatoms. The molecule has 1 atom stereocenters. The van der Waals surface area contributed by atoms with E-state index in [9.17, 15) is 5.11 Å². The van der Waals surface area contributed by atoms with Crippen molar-refractivity contribution < 1.29 is 5.11 Å². The van der Waals surface area contributed by atoms with Gasteiger partial charge >= 0.3 is 0 Å². The van der Waals surface area contributed by atoms with Gasteiger partial charge in [0.25, 0.3) is 0 Å². The van der Waals surface area contributed by atoms with Crippen molar-refractivity contribution in [2.45, 2.75) is 32.8 Å². The second-order valence-electron chi connectivity index (χ2n) is 4.03. The van der Waals surface area contributed by atoms with Crippen LogP contribution >= 0.6 is 11.6 Å². The van der Waals surface area contributed by atoms with Crippen LogP contribution in [0, 0.1) is 6.92 Å². The summed E-state index contributed by atoms with van der Waals surface area (Å²) in [4.78, 5) is 0. The van der Waals surface area contributed by atoms with Gasteiger partial charge in [-0.05, 0) is 19.9 Å². The highest BCUT2D eigenvalue weighted by Crippen LogP contribution is 2.20. The monoisotopic (exact) mass is 245 g/mol. The van der Waals surface area contributed by atoms with Crippen molar-refractivity contribution in [3.63, 3.8) is 0 Å². The smallest absolute Gasteiger partial charge is 0.0847 e. The van der Waals surface area contributed by atoms with E-state index in [0.29, 0.717) is 18.0 Å².